The molecule has 6 heteroatoms. The molecule has 6 nitrogen and oxygen atoms in total. The molecule has 1 aliphatic rings. The molecule has 1 aliphatic heterocycles. The van der Waals surface area contributed by atoms with Gasteiger partial charge in [-0.3, -0.25) is 0 Å². The third-order valence-electron chi connectivity index (χ3n) is 2.89. The molecule has 0 amide bonds. The van der Waals surface area contributed by atoms with E-state index in [-0.39, 0.29) is 13.2 Å². The largest absolute Gasteiger partial charge is 0.388 e. The summed E-state index contributed by atoms with van der Waals surface area (Å²) in [6.07, 6.45) is -1.22. The monoisotopic (exact) mass is 250 g/mol. The van der Waals surface area contributed by atoms with Crippen molar-refractivity contribution in [3.63, 3.8) is 0 Å². The van der Waals surface area contributed by atoms with E-state index in [0.717, 1.165) is 19.3 Å². The van der Waals surface area contributed by atoms with Crippen LogP contribution in [0.1, 0.15) is 26.2 Å². The molecule has 102 valence electrons. The van der Waals surface area contributed by atoms with Crippen LogP contribution in [0.3, 0.4) is 0 Å². The van der Waals surface area contributed by atoms with E-state index in [1.807, 2.05) is 0 Å². The van der Waals surface area contributed by atoms with Gasteiger partial charge >= 0.3 is 0 Å². The molecule has 0 spiro atoms. The molecule has 0 saturated carbocycles. The Morgan fingerprint density at radius 1 is 1.29 bits per heavy atom. The van der Waals surface area contributed by atoms with Gasteiger partial charge < -0.3 is 29.9 Å². The molecule has 0 aromatic carbocycles. The summed E-state index contributed by atoms with van der Waals surface area (Å²) in [5, 5.41) is 38.2. The average Bonchev–Trinajstić information content (AvgIpc) is 2.32. The van der Waals surface area contributed by atoms with Gasteiger partial charge in [0.25, 0.3) is 0 Å². The summed E-state index contributed by atoms with van der Waals surface area (Å²) < 4.78 is 10.1. The summed E-state index contributed by atoms with van der Waals surface area (Å²) in [5.41, 5.74) is 0. The van der Waals surface area contributed by atoms with Crippen LogP contribution in [0.2, 0.25) is 0 Å². The first-order chi connectivity index (χ1) is 8.01. The number of aliphatic hydroxyl groups excluding tert-OH is 3. The lowest BCUT2D eigenvalue weighted by molar-refractivity contribution is -0.335. The van der Waals surface area contributed by atoms with Crippen LogP contribution in [0.15, 0.2) is 0 Å². The number of aliphatic hydroxyl groups is 4. The fourth-order valence-electron chi connectivity index (χ4n) is 1.69. The molecule has 0 aromatic heterocycles. The second-order valence-corrected chi connectivity index (χ2v) is 4.42. The highest BCUT2D eigenvalue weighted by Gasteiger charge is 2.48. The van der Waals surface area contributed by atoms with Crippen molar-refractivity contribution in [2.75, 3.05) is 19.8 Å². The third-order valence-corrected chi connectivity index (χ3v) is 2.89. The molecular formula is C11H22O6. The molecule has 1 heterocycles. The quantitative estimate of drug-likeness (QED) is 0.451. The first kappa shape index (κ1) is 14.8. The minimum atomic E-state index is -1.94. The molecule has 4 N–H and O–H groups in total. The molecule has 1 saturated heterocycles. The van der Waals surface area contributed by atoms with Crippen LogP contribution in [0.5, 0.6) is 0 Å². The Kier molecular flexibility index (Phi) is 5.78. The fourth-order valence-corrected chi connectivity index (χ4v) is 1.69. The molecule has 1 rings (SSSR count). The average molecular weight is 250 g/mol. The second kappa shape index (κ2) is 6.63. The van der Waals surface area contributed by atoms with Gasteiger partial charge in [0.2, 0.25) is 5.79 Å². The molecule has 0 aromatic rings. The van der Waals surface area contributed by atoms with Gasteiger partial charge in [0, 0.05) is 6.61 Å². The molecule has 0 unspecified atom stereocenters. The zero-order chi connectivity index (χ0) is 12.9. The van der Waals surface area contributed by atoms with E-state index in [4.69, 9.17) is 9.47 Å². The molecule has 4 atom stereocenters. The predicted molar refractivity (Wildman–Crippen MR) is 59.3 cm³/mol. The van der Waals surface area contributed by atoms with Crippen LogP contribution in [-0.4, -0.2) is 64.3 Å². The lowest BCUT2D eigenvalue weighted by Crippen LogP contribution is -2.62. The van der Waals surface area contributed by atoms with Crippen LogP contribution < -0.4 is 0 Å². The Labute approximate surface area is 101 Å². The normalized spacial score (nSPS) is 38.3. The van der Waals surface area contributed by atoms with Crippen molar-refractivity contribution in [2.24, 2.45) is 0 Å². The summed E-state index contributed by atoms with van der Waals surface area (Å²) in [5.74, 6) is -1.94. The zero-order valence-corrected chi connectivity index (χ0v) is 10.1. The predicted octanol–water partition coefficient (Wildman–Crippen LogP) is -1.01. The number of unbranched alkanes of at least 4 members (excludes halogenated alkanes) is 2. The van der Waals surface area contributed by atoms with Crippen LogP contribution in [0.25, 0.3) is 0 Å². The first-order valence-corrected chi connectivity index (χ1v) is 5.99. The first-order valence-electron chi connectivity index (χ1n) is 5.99. The minimum Gasteiger partial charge on any atom is -0.388 e. The summed E-state index contributed by atoms with van der Waals surface area (Å²) >= 11 is 0. The van der Waals surface area contributed by atoms with Gasteiger partial charge in [0.05, 0.1) is 6.61 Å². The Bertz CT molecular complexity index is 224. The highest BCUT2D eigenvalue weighted by atomic mass is 16.7. The van der Waals surface area contributed by atoms with Crippen LogP contribution in [0.4, 0.5) is 0 Å². The molecule has 0 radical (unpaired) electrons. The lowest BCUT2D eigenvalue weighted by Gasteiger charge is -2.41. The smallest absolute Gasteiger partial charge is 0.219 e. The molecular weight excluding hydrogens is 228 g/mol. The summed E-state index contributed by atoms with van der Waals surface area (Å²) in [7, 11) is 0. The van der Waals surface area contributed by atoms with Crippen molar-refractivity contribution in [1.82, 2.24) is 0 Å². The van der Waals surface area contributed by atoms with Crippen molar-refractivity contribution < 1.29 is 29.9 Å². The van der Waals surface area contributed by atoms with Crippen molar-refractivity contribution in [1.29, 1.82) is 0 Å². The Morgan fingerprint density at radius 3 is 2.65 bits per heavy atom. The zero-order valence-electron chi connectivity index (χ0n) is 10.1. The SMILES string of the molecule is CCCCCOC[C@]1(O)OC[C@@H](O)[C@H](O)[C@H]1O. The lowest BCUT2D eigenvalue weighted by atomic mass is 9.97. The van der Waals surface area contributed by atoms with Gasteiger partial charge in [-0.05, 0) is 6.42 Å². The van der Waals surface area contributed by atoms with E-state index < -0.39 is 24.1 Å². The van der Waals surface area contributed by atoms with E-state index in [1.54, 1.807) is 0 Å². The van der Waals surface area contributed by atoms with Crippen LogP contribution in [0, 0.1) is 0 Å². The van der Waals surface area contributed by atoms with E-state index in [9.17, 15) is 20.4 Å². The van der Waals surface area contributed by atoms with Gasteiger partial charge in [-0.15, -0.1) is 0 Å². The number of hydrogen-bond donors (Lipinski definition) is 4. The van der Waals surface area contributed by atoms with Gasteiger partial charge in [0.15, 0.2) is 0 Å². The van der Waals surface area contributed by atoms with E-state index in [0.29, 0.717) is 6.61 Å². The van der Waals surface area contributed by atoms with E-state index in [1.165, 1.54) is 0 Å². The number of hydrogen-bond acceptors (Lipinski definition) is 6. The minimum absolute atomic E-state index is 0.221. The summed E-state index contributed by atoms with van der Waals surface area (Å²) in [6, 6.07) is 0. The number of rotatable bonds is 6. The topological polar surface area (TPSA) is 99.4 Å². The van der Waals surface area contributed by atoms with Crippen LogP contribution >= 0.6 is 0 Å². The van der Waals surface area contributed by atoms with Gasteiger partial charge in [-0.1, -0.05) is 19.8 Å². The maximum atomic E-state index is 9.92. The maximum Gasteiger partial charge on any atom is 0.219 e. The molecule has 17 heavy (non-hydrogen) atoms. The van der Waals surface area contributed by atoms with Crippen LogP contribution in [-0.2, 0) is 9.47 Å². The Balaban J connectivity index is 2.34. The standard InChI is InChI=1S/C11H22O6/c1-2-3-4-5-16-7-11(15)10(14)9(13)8(12)6-17-11/h8-10,12-15H,2-7H2,1H3/t8-,9+,10-,11+/m1/s1. The third kappa shape index (κ3) is 3.87. The fraction of sp³-hybridized carbons (Fsp3) is 1.00. The maximum absolute atomic E-state index is 9.92. The number of ether oxygens (including phenoxy) is 2. The summed E-state index contributed by atoms with van der Waals surface area (Å²) in [6.45, 7) is 2.08. The molecule has 0 bridgehead atoms. The molecule has 0 aliphatic carbocycles. The van der Waals surface area contributed by atoms with Gasteiger partial charge in [-0.2, -0.15) is 0 Å². The van der Waals surface area contributed by atoms with Gasteiger partial charge in [-0.25, -0.2) is 0 Å². The van der Waals surface area contributed by atoms with E-state index >= 15 is 0 Å². The van der Waals surface area contributed by atoms with Crippen molar-refractivity contribution in [3.8, 4) is 0 Å². The Morgan fingerprint density at radius 2 is 2.00 bits per heavy atom. The Hall–Kier alpha value is -0.240. The van der Waals surface area contributed by atoms with Gasteiger partial charge in [0.1, 0.15) is 24.9 Å². The second-order valence-electron chi connectivity index (χ2n) is 4.42. The highest BCUT2D eigenvalue weighted by molar-refractivity contribution is 4.91. The highest BCUT2D eigenvalue weighted by Crippen LogP contribution is 2.24. The summed E-state index contributed by atoms with van der Waals surface area (Å²) in [4.78, 5) is 0. The van der Waals surface area contributed by atoms with Crippen molar-refractivity contribution >= 4 is 0 Å². The van der Waals surface area contributed by atoms with Crippen molar-refractivity contribution in [2.45, 2.75) is 50.3 Å². The van der Waals surface area contributed by atoms with E-state index in [2.05, 4.69) is 6.92 Å². The van der Waals surface area contributed by atoms with Crippen molar-refractivity contribution in [3.05, 3.63) is 0 Å². The molecule has 1 fully saturated rings.